The van der Waals surface area contributed by atoms with Gasteiger partial charge in [0.15, 0.2) is 0 Å². The second-order valence-corrected chi connectivity index (χ2v) is 6.14. The van der Waals surface area contributed by atoms with Gasteiger partial charge in [0.1, 0.15) is 0 Å². The quantitative estimate of drug-likeness (QED) is 0.510. The Labute approximate surface area is 159 Å². The minimum absolute atomic E-state index is 0.0560. The van der Waals surface area contributed by atoms with Crippen molar-refractivity contribution >= 4 is 17.9 Å². The van der Waals surface area contributed by atoms with Crippen molar-refractivity contribution in [2.24, 2.45) is 0 Å². The zero-order valence-electron chi connectivity index (χ0n) is 15.6. The summed E-state index contributed by atoms with van der Waals surface area (Å²) in [5.41, 5.74) is 1.92. The topological polar surface area (TPSA) is 69.7 Å². The highest BCUT2D eigenvalue weighted by molar-refractivity contribution is 5.94. The number of benzene rings is 2. The van der Waals surface area contributed by atoms with E-state index in [2.05, 4.69) is 6.92 Å². The van der Waals surface area contributed by atoms with Crippen molar-refractivity contribution in [2.45, 2.75) is 45.6 Å². The van der Waals surface area contributed by atoms with Gasteiger partial charge in [-0.25, -0.2) is 9.59 Å². The summed E-state index contributed by atoms with van der Waals surface area (Å²) in [5.74, 6) is -2.22. The summed E-state index contributed by atoms with van der Waals surface area (Å²) in [4.78, 5) is 36.3. The zero-order valence-corrected chi connectivity index (χ0v) is 15.6. The molecule has 0 heterocycles. The molecule has 0 saturated heterocycles. The van der Waals surface area contributed by atoms with Crippen molar-refractivity contribution < 1.29 is 23.9 Å². The van der Waals surface area contributed by atoms with Crippen LogP contribution in [-0.4, -0.2) is 17.9 Å². The Bertz CT molecular complexity index is 765. The molecule has 0 bridgehead atoms. The maximum Gasteiger partial charge on any atom is 0.359 e. The normalized spacial score (nSPS) is 11.5. The van der Waals surface area contributed by atoms with E-state index >= 15 is 0 Å². The van der Waals surface area contributed by atoms with Gasteiger partial charge in [0.25, 0.3) is 0 Å². The van der Waals surface area contributed by atoms with E-state index < -0.39 is 24.0 Å². The highest BCUT2D eigenvalue weighted by Crippen LogP contribution is 2.21. The molecule has 0 aliphatic heterocycles. The molecule has 0 fully saturated rings. The lowest BCUT2D eigenvalue weighted by molar-refractivity contribution is -0.166. The van der Waals surface area contributed by atoms with Crippen molar-refractivity contribution in [3.05, 3.63) is 71.3 Å². The number of carbonyl (C=O) groups excluding carboxylic acids is 3. The summed E-state index contributed by atoms with van der Waals surface area (Å²) in [6, 6.07) is 15.6. The lowest BCUT2D eigenvalue weighted by Crippen LogP contribution is -2.24. The molecular weight excluding hydrogens is 344 g/mol. The SMILES string of the molecule is CCCCc1ccc(C(=O)OC(C(=O)OC(=O)CC)c2ccccc2)cc1. The van der Waals surface area contributed by atoms with E-state index in [0.29, 0.717) is 11.1 Å². The Morgan fingerprint density at radius 2 is 1.59 bits per heavy atom. The lowest BCUT2D eigenvalue weighted by Gasteiger charge is -2.16. The van der Waals surface area contributed by atoms with Crippen LogP contribution in [0.1, 0.15) is 60.7 Å². The molecule has 27 heavy (non-hydrogen) atoms. The Hall–Kier alpha value is -2.95. The van der Waals surface area contributed by atoms with Gasteiger partial charge in [-0.1, -0.05) is 62.7 Å². The Morgan fingerprint density at radius 3 is 2.19 bits per heavy atom. The molecule has 142 valence electrons. The number of aryl methyl sites for hydroxylation is 1. The van der Waals surface area contributed by atoms with Gasteiger partial charge >= 0.3 is 17.9 Å². The first-order valence-electron chi connectivity index (χ1n) is 9.14. The molecule has 0 saturated carbocycles. The van der Waals surface area contributed by atoms with E-state index in [1.54, 1.807) is 49.4 Å². The third-order valence-corrected chi connectivity index (χ3v) is 4.05. The molecule has 0 aliphatic carbocycles. The maximum absolute atomic E-state index is 12.5. The third kappa shape index (κ3) is 6.06. The molecule has 1 atom stereocenters. The van der Waals surface area contributed by atoms with Gasteiger partial charge in [0.05, 0.1) is 5.56 Å². The van der Waals surface area contributed by atoms with Crippen LogP contribution in [-0.2, 0) is 25.5 Å². The average molecular weight is 368 g/mol. The smallest absolute Gasteiger partial charge is 0.359 e. The molecule has 2 rings (SSSR count). The van der Waals surface area contributed by atoms with Crippen LogP contribution < -0.4 is 0 Å². The molecule has 0 aliphatic rings. The van der Waals surface area contributed by atoms with Gasteiger partial charge in [-0.05, 0) is 30.5 Å². The lowest BCUT2D eigenvalue weighted by atomic mass is 10.1. The van der Waals surface area contributed by atoms with Crippen LogP contribution in [0.5, 0.6) is 0 Å². The Balaban J connectivity index is 2.15. The molecule has 5 heteroatoms. The van der Waals surface area contributed by atoms with E-state index in [9.17, 15) is 14.4 Å². The average Bonchev–Trinajstić information content (AvgIpc) is 2.71. The monoisotopic (exact) mass is 368 g/mol. The number of unbranched alkanes of at least 4 members (excludes halogenated alkanes) is 1. The molecule has 0 N–H and O–H groups in total. The van der Waals surface area contributed by atoms with Crippen molar-refractivity contribution in [3.63, 3.8) is 0 Å². The second-order valence-electron chi connectivity index (χ2n) is 6.14. The molecule has 0 amide bonds. The van der Waals surface area contributed by atoms with Crippen LogP contribution in [0.15, 0.2) is 54.6 Å². The summed E-state index contributed by atoms with van der Waals surface area (Å²) in [7, 11) is 0. The number of ether oxygens (including phenoxy) is 2. The van der Waals surface area contributed by atoms with E-state index in [0.717, 1.165) is 24.8 Å². The first kappa shape index (κ1) is 20.4. The minimum Gasteiger partial charge on any atom is -0.442 e. The Kier molecular flexibility index (Phi) is 7.74. The molecule has 0 radical (unpaired) electrons. The molecule has 2 aromatic carbocycles. The first-order chi connectivity index (χ1) is 13.0. The maximum atomic E-state index is 12.5. The van der Waals surface area contributed by atoms with Crippen LogP contribution in [0.4, 0.5) is 0 Å². The number of carbonyl (C=O) groups is 3. The van der Waals surface area contributed by atoms with Gasteiger partial charge < -0.3 is 9.47 Å². The number of rotatable bonds is 8. The van der Waals surface area contributed by atoms with E-state index in [1.807, 2.05) is 12.1 Å². The fourth-order valence-electron chi connectivity index (χ4n) is 2.48. The summed E-state index contributed by atoms with van der Waals surface area (Å²) < 4.78 is 10.1. The van der Waals surface area contributed by atoms with Gasteiger partial charge in [0.2, 0.25) is 6.10 Å². The zero-order chi connectivity index (χ0) is 19.6. The molecule has 1 unspecified atom stereocenters. The fourth-order valence-corrected chi connectivity index (χ4v) is 2.48. The van der Waals surface area contributed by atoms with E-state index in [-0.39, 0.29) is 6.42 Å². The van der Waals surface area contributed by atoms with Crippen LogP contribution in [0, 0.1) is 0 Å². The molecular formula is C22H24O5. The van der Waals surface area contributed by atoms with Crippen LogP contribution in [0.3, 0.4) is 0 Å². The van der Waals surface area contributed by atoms with Gasteiger partial charge in [-0.3, -0.25) is 4.79 Å². The van der Waals surface area contributed by atoms with Gasteiger partial charge in [-0.2, -0.15) is 0 Å². The summed E-state index contributed by atoms with van der Waals surface area (Å²) in [6.45, 7) is 3.71. The van der Waals surface area contributed by atoms with Crippen molar-refractivity contribution in [2.75, 3.05) is 0 Å². The highest BCUT2D eigenvalue weighted by Gasteiger charge is 2.28. The fraction of sp³-hybridized carbons (Fsp3) is 0.318. The van der Waals surface area contributed by atoms with Crippen molar-refractivity contribution in [1.82, 2.24) is 0 Å². The van der Waals surface area contributed by atoms with Gasteiger partial charge in [-0.15, -0.1) is 0 Å². The minimum atomic E-state index is -1.30. The first-order valence-corrected chi connectivity index (χ1v) is 9.14. The van der Waals surface area contributed by atoms with Gasteiger partial charge in [0, 0.05) is 12.0 Å². The van der Waals surface area contributed by atoms with Crippen molar-refractivity contribution in [3.8, 4) is 0 Å². The van der Waals surface area contributed by atoms with E-state index in [1.165, 1.54) is 0 Å². The predicted octanol–water partition coefficient (Wildman–Crippen LogP) is 4.41. The summed E-state index contributed by atoms with van der Waals surface area (Å²) >= 11 is 0. The van der Waals surface area contributed by atoms with Crippen molar-refractivity contribution in [1.29, 1.82) is 0 Å². The number of hydrogen-bond donors (Lipinski definition) is 0. The van der Waals surface area contributed by atoms with Crippen LogP contribution >= 0.6 is 0 Å². The molecule has 5 nitrogen and oxygen atoms in total. The highest BCUT2D eigenvalue weighted by atomic mass is 16.6. The number of esters is 3. The van der Waals surface area contributed by atoms with E-state index in [4.69, 9.17) is 9.47 Å². The summed E-state index contributed by atoms with van der Waals surface area (Å²) in [6.07, 6.45) is 1.89. The molecule has 0 spiro atoms. The second kappa shape index (κ2) is 10.3. The molecule has 0 aromatic heterocycles. The predicted molar refractivity (Wildman–Crippen MR) is 101 cm³/mol. The molecule has 2 aromatic rings. The standard InChI is InChI=1S/C22H24O5/c1-3-5-9-16-12-14-18(15-13-16)21(24)27-20(17-10-7-6-8-11-17)22(25)26-19(23)4-2/h6-8,10-15,20H,3-5,9H2,1-2H3. The third-order valence-electron chi connectivity index (χ3n) is 4.05. The number of hydrogen-bond acceptors (Lipinski definition) is 5. The summed E-state index contributed by atoms with van der Waals surface area (Å²) in [5, 5.41) is 0. The van der Waals surface area contributed by atoms with Crippen LogP contribution in [0.2, 0.25) is 0 Å². The Morgan fingerprint density at radius 1 is 0.926 bits per heavy atom. The van der Waals surface area contributed by atoms with Crippen LogP contribution in [0.25, 0.3) is 0 Å². The largest absolute Gasteiger partial charge is 0.442 e.